The van der Waals surface area contributed by atoms with Gasteiger partial charge >= 0.3 is 0 Å². The summed E-state index contributed by atoms with van der Waals surface area (Å²) in [6.45, 7) is 7.94. The normalized spacial score (nSPS) is 28.1. The molecule has 7 heteroatoms. The highest BCUT2D eigenvalue weighted by atomic mass is 16.5. The van der Waals surface area contributed by atoms with E-state index in [4.69, 9.17) is 9.72 Å². The van der Waals surface area contributed by atoms with Crippen molar-refractivity contribution in [1.82, 2.24) is 15.3 Å². The summed E-state index contributed by atoms with van der Waals surface area (Å²) < 4.78 is 5.68. The second-order valence-electron chi connectivity index (χ2n) is 8.33. The Hall–Kier alpha value is -1.73. The lowest BCUT2D eigenvalue weighted by Crippen LogP contribution is -2.43. The summed E-state index contributed by atoms with van der Waals surface area (Å²) in [6, 6.07) is 0. The first-order chi connectivity index (χ1) is 12.5. The smallest absolute Gasteiger partial charge is 0.270 e. The van der Waals surface area contributed by atoms with Crippen LogP contribution < -0.4 is 10.2 Å². The fourth-order valence-electron chi connectivity index (χ4n) is 4.52. The number of amides is 1. The Bertz CT molecular complexity index is 708. The Morgan fingerprint density at radius 3 is 3.00 bits per heavy atom. The first-order valence-electron chi connectivity index (χ1n) is 9.64. The number of nitrogens with zero attached hydrogens (tertiary/aromatic N) is 3. The van der Waals surface area contributed by atoms with Crippen molar-refractivity contribution in [1.29, 1.82) is 0 Å². The molecule has 0 aromatic carbocycles. The molecule has 0 bridgehead atoms. The van der Waals surface area contributed by atoms with E-state index in [1.807, 2.05) is 0 Å². The Balaban J connectivity index is 1.73. The minimum atomic E-state index is -0.217. The van der Waals surface area contributed by atoms with Crippen LogP contribution in [0.4, 0.5) is 5.82 Å². The summed E-state index contributed by atoms with van der Waals surface area (Å²) in [7, 11) is 0. The molecule has 1 aromatic heterocycles. The third-order valence-corrected chi connectivity index (χ3v) is 5.93. The number of carbonyl (C=O) groups is 1. The van der Waals surface area contributed by atoms with Crippen molar-refractivity contribution in [2.75, 3.05) is 44.4 Å². The van der Waals surface area contributed by atoms with Crippen LogP contribution in [0.15, 0.2) is 0 Å². The van der Waals surface area contributed by atoms with Crippen molar-refractivity contribution in [3.8, 4) is 0 Å². The van der Waals surface area contributed by atoms with E-state index >= 15 is 0 Å². The van der Waals surface area contributed by atoms with Crippen LogP contribution in [-0.4, -0.2) is 60.4 Å². The van der Waals surface area contributed by atoms with Crippen molar-refractivity contribution in [2.45, 2.75) is 33.1 Å². The third kappa shape index (κ3) is 2.97. The van der Waals surface area contributed by atoms with Gasteiger partial charge in [-0.25, -0.2) is 9.97 Å². The number of aliphatic hydroxyl groups excluding tert-OH is 1. The van der Waals surface area contributed by atoms with E-state index < -0.39 is 0 Å². The first kappa shape index (κ1) is 17.7. The van der Waals surface area contributed by atoms with Crippen LogP contribution in [0.5, 0.6) is 0 Å². The van der Waals surface area contributed by atoms with Crippen molar-refractivity contribution >= 4 is 11.7 Å². The minimum Gasteiger partial charge on any atom is -0.396 e. The molecule has 26 heavy (non-hydrogen) atoms. The van der Waals surface area contributed by atoms with Crippen LogP contribution in [-0.2, 0) is 17.6 Å². The van der Waals surface area contributed by atoms with Gasteiger partial charge in [-0.15, -0.1) is 0 Å². The summed E-state index contributed by atoms with van der Waals surface area (Å²) >= 11 is 0. The highest BCUT2D eigenvalue weighted by molar-refractivity contribution is 5.96. The van der Waals surface area contributed by atoms with Gasteiger partial charge in [-0.3, -0.25) is 4.79 Å². The predicted octanol–water partition coefficient (Wildman–Crippen LogP) is 0.796. The zero-order valence-corrected chi connectivity index (χ0v) is 15.6. The Kier molecular flexibility index (Phi) is 4.61. The molecular weight excluding hydrogens is 332 g/mol. The highest BCUT2D eigenvalue weighted by Gasteiger charge is 2.49. The van der Waals surface area contributed by atoms with Gasteiger partial charge < -0.3 is 20.1 Å². The lowest BCUT2D eigenvalue weighted by atomic mass is 9.76. The van der Waals surface area contributed by atoms with E-state index in [0.29, 0.717) is 30.7 Å². The molecule has 0 aliphatic carbocycles. The molecule has 1 amide bonds. The van der Waals surface area contributed by atoms with Crippen LogP contribution in [0.25, 0.3) is 0 Å². The van der Waals surface area contributed by atoms with Crippen molar-refractivity contribution in [2.24, 2.45) is 17.3 Å². The van der Waals surface area contributed by atoms with E-state index in [9.17, 15) is 9.90 Å². The average Bonchev–Trinajstić information content (AvgIpc) is 3.01. The number of ether oxygens (including phenoxy) is 1. The summed E-state index contributed by atoms with van der Waals surface area (Å²) in [6.07, 6.45) is 2.46. The van der Waals surface area contributed by atoms with Gasteiger partial charge in [0.25, 0.3) is 5.91 Å². The Morgan fingerprint density at radius 2 is 2.27 bits per heavy atom. The summed E-state index contributed by atoms with van der Waals surface area (Å²) in [4.78, 5) is 24.1. The van der Waals surface area contributed by atoms with Crippen LogP contribution in [0.3, 0.4) is 0 Å². The summed E-state index contributed by atoms with van der Waals surface area (Å²) in [5, 5.41) is 13.0. The Morgan fingerprint density at radius 1 is 1.42 bits per heavy atom. The molecule has 142 valence electrons. The molecular formula is C19H28N4O3. The molecule has 2 fully saturated rings. The monoisotopic (exact) mass is 360 g/mol. The SMILES string of the molecule is CC(C)Cc1nc2c(c(N3C[C@@H]4CCOC[C@]4(CO)C3)n1)CCNC2=O. The van der Waals surface area contributed by atoms with Crippen LogP contribution in [0, 0.1) is 17.3 Å². The second-order valence-corrected chi connectivity index (χ2v) is 8.33. The van der Waals surface area contributed by atoms with Gasteiger partial charge in [0.2, 0.25) is 0 Å². The first-order valence-corrected chi connectivity index (χ1v) is 9.64. The average molecular weight is 360 g/mol. The van der Waals surface area contributed by atoms with Gasteiger partial charge in [0.1, 0.15) is 17.3 Å². The molecule has 0 unspecified atom stereocenters. The molecule has 2 atom stereocenters. The number of anilines is 1. The second kappa shape index (κ2) is 6.78. The summed E-state index contributed by atoms with van der Waals surface area (Å²) in [5.74, 6) is 2.35. The maximum absolute atomic E-state index is 12.4. The number of aliphatic hydroxyl groups is 1. The lowest BCUT2D eigenvalue weighted by Gasteiger charge is -2.36. The lowest BCUT2D eigenvalue weighted by molar-refractivity contribution is -0.0543. The van der Waals surface area contributed by atoms with Gasteiger partial charge in [-0.1, -0.05) is 13.8 Å². The van der Waals surface area contributed by atoms with E-state index in [0.717, 1.165) is 56.2 Å². The molecule has 0 spiro atoms. The Labute approximate surface area is 154 Å². The molecule has 1 aromatic rings. The van der Waals surface area contributed by atoms with Crippen LogP contribution in [0.2, 0.25) is 0 Å². The standard InChI is InChI=1S/C19H28N4O3/c1-12(2)7-15-21-16-14(3-5-20-18(16)25)17(22-15)23-8-13-4-6-26-11-19(13,9-23)10-24/h12-13,24H,3-11H2,1-2H3,(H,20,25)/t13-,19+/m0/s1. The number of rotatable bonds is 4. The number of fused-ring (bicyclic) bond motifs is 2. The largest absolute Gasteiger partial charge is 0.396 e. The predicted molar refractivity (Wildman–Crippen MR) is 97.3 cm³/mol. The molecule has 3 aliphatic heterocycles. The molecule has 0 saturated carbocycles. The van der Waals surface area contributed by atoms with Gasteiger partial charge in [0.05, 0.1) is 13.2 Å². The van der Waals surface area contributed by atoms with E-state index in [2.05, 4.69) is 29.0 Å². The molecule has 0 radical (unpaired) electrons. The quantitative estimate of drug-likeness (QED) is 0.826. The highest BCUT2D eigenvalue weighted by Crippen LogP contribution is 2.43. The number of hydrogen-bond donors (Lipinski definition) is 2. The molecule has 2 N–H and O–H groups in total. The number of nitrogens with one attached hydrogen (secondary N) is 1. The third-order valence-electron chi connectivity index (χ3n) is 5.93. The molecule has 4 heterocycles. The van der Waals surface area contributed by atoms with E-state index in [1.165, 1.54) is 0 Å². The fraction of sp³-hybridized carbons (Fsp3) is 0.737. The van der Waals surface area contributed by atoms with E-state index in [1.54, 1.807) is 0 Å². The minimum absolute atomic E-state index is 0.100. The van der Waals surface area contributed by atoms with Gasteiger partial charge in [0, 0.05) is 43.6 Å². The number of aromatic nitrogens is 2. The van der Waals surface area contributed by atoms with Crippen molar-refractivity contribution < 1.29 is 14.6 Å². The fourth-order valence-corrected chi connectivity index (χ4v) is 4.52. The van der Waals surface area contributed by atoms with Crippen LogP contribution in [0.1, 0.15) is 42.1 Å². The molecule has 2 saturated heterocycles. The zero-order valence-electron chi connectivity index (χ0n) is 15.6. The maximum atomic E-state index is 12.4. The molecule has 4 rings (SSSR count). The number of hydrogen-bond acceptors (Lipinski definition) is 6. The topological polar surface area (TPSA) is 87.6 Å². The van der Waals surface area contributed by atoms with E-state index in [-0.39, 0.29) is 17.9 Å². The van der Waals surface area contributed by atoms with Gasteiger partial charge in [-0.05, 0) is 24.7 Å². The number of carbonyl (C=O) groups excluding carboxylic acids is 1. The van der Waals surface area contributed by atoms with Crippen LogP contribution >= 0.6 is 0 Å². The maximum Gasteiger partial charge on any atom is 0.270 e. The van der Waals surface area contributed by atoms with Crippen molar-refractivity contribution in [3.05, 3.63) is 17.1 Å². The molecule has 7 nitrogen and oxygen atoms in total. The molecule has 3 aliphatic rings. The van der Waals surface area contributed by atoms with Gasteiger partial charge in [0.15, 0.2) is 0 Å². The zero-order chi connectivity index (χ0) is 18.3. The summed E-state index contributed by atoms with van der Waals surface area (Å²) in [5.41, 5.74) is 1.26. The van der Waals surface area contributed by atoms with Gasteiger partial charge in [-0.2, -0.15) is 0 Å². The van der Waals surface area contributed by atoms with Crippen molar-refractivity contribution in [3.63, 3.8) is 0 Å².